The van der Waals surface area contributed by atoms with E-state index < -0.39 is 6.36 Å². The first-order valence-corrected chi connectivity index (χ1v) is 6.09. The van der Waals surface area contributed by atoms with Crippen LogP contribution in [-0.4, -0.2) is 26.1 Å². The maximum Gasteiger partial charge on any atom is 0.573 e. The zero-order valence-electron chi connectivity index (χ0n) is 11.0. The molecule has 0 aliphatic heterocycles. The fraction of sp³-hybridized carbons (Fsp3) is 0.538. The Kier molecular flexibility index (Phi) is 6.11. The number of rotatable bonds is 7. The Labute approximate surface area is 110 Å². The second-order valence-electron chi connectivity index (χ2n) is 3.99. The van der Waals surface area contributed by atoms with Gasteiger partial charge >= 0.3 is 6.36 Å². The van der Waals surface area contributed by atoms with Crippen molar-refractivity contribution >= 4 is 0 Å². The van der Waals surface area contributed by atoms with Gasteiger partial charge in [0, 0.05) is 19.2 Å². The lowest BCUT2D eigenvalue weighted by molar-refractivity contribution is -0.274. The smallest absolute Gasteiger partial charge is 0.406 e. The van der Waals surface area contributed by atoms with Crippen molar-refractivity contribution in [3.63, 3.8) is 0 Å². The fourth-order valence-electron chi connectivity index (χ4n) is 1.57. The first kappa shape index (κ1) is 15.8. The Hall–Kier alpha value is -1.27. The minimum absolute atomic E-state index is 0.0420. The summed E-state index contributed by atoms with van der Waals surface area (Å²) in [5, 5.41) is 3.21. The molecule has 19 heavy (non-hydrogen) atoms. The lowest BCUT2D eigenvalue weighted by Gasteiger charge is -2.15. The van der Waals surface area contributed by atoms with Gasteiger partial charge in [0.1, 0.15) is 5.75 Å². The van der Waals surface area contributed by atoms with Crippen LogP contribution in [-0.2, 0) is 4.74 Å². The van der Waals surface area contributed by atoms with Gasteiger partial charge in [-0.3, -0.25) is 0 Å². The van der Waals surface area contributed by atoms with Crippen LogP contribution in [0.15, 0.2) is 24.3 Å². The molecule has 1 N–H and O–H groups in total. The van der Waals surface area contributed by atoms with Crippen LogP contribution in [0.1, 0.15) is 25.5 Å². The van der Waals surface area contributed by atoms with E-state index in [0.29, 0.717) is 19.8 Å². The SMILES string of the molecule is CCOCCNC(C)c1ccc(OC(F)(F)F)cc1. The fourth-order valence-corrected chi connectivity index (χ4v) is 1.57. The maximum atomic E-state index is 12.0. The number of hydrogen-bond donors (Lipinski definition) is 1. The lowest BCUT2D eigenvalue weighted by atomic mass is 10.1. The third-order valence-electron chi connectivity index (χ3n) is 2.51. The van der Waals surface area contributed by atoms with Crippen LogP contribution in [0.3, 0.4) is 0 Å². The van der Waals surface area contributed by atoms with E-state index in [9.17, 15) is 13.2 Å². The summed E-state index contributed by atoms with van der Waals surface area (Å²) in [5.74, 6) is -0.210. The van der Waals surface area contributed by atoms with Gasteiger partial charge in [-0.25, -0.2) is 0 Å². The Balaban J connectivity index is 2.46. The lowest BCUT2D eigenvalue weighted by Crippen LogP contribution is -2.23. The van der Waals surface area contributed by atoms with E-state index >= 15 is 0 Å². The van der Waals surface area contributed by atoms with Crippen molar-refractivity contribution in [1.82, 2.24) is 5.32 Å². The Bertz CT molecular complexity index is 365. The third kappa shape index (κ3) is 6.45. The van der Waals surface area contributed by atoms with E-state index in [2.05, 4.69) is 10.1 Å². The van der Waals surface area contributed by atoms with Gasteiger partial charge < -0.3 is 14.8 Å². The summed E-state index contributed by atoms with van der Waals surface area (Å²) < 4.78 is 45.0. The van der Waals surface area contributed by atoms with Crippen LogP contribution in [0.25, 0.3) is 0 Å². The minimum atomic E-state index is -4.65. The highest BCUT2D eigenvalue weighted by Crippen LogP contribution is 2.24. The summed E-state index contributed by atoms with van der Waals surface area (Å²) in [5.41, 5.74) is 0.894. The van der Waals surface area contributed by atoms with Gasteiger partial charge in [-0.15, -0.1) is 13.2 Å². The van der Waals surface area contributed by atoms with Crippen molar-refractivity contribution in [3.8, 4) is 5.75 Å². The molecular weight excluding hydrogens is 259 g/mol. The zero-order valence-corrected chi connectivity index (χ0v) is 11.0. The van der Waals surface area contributed by atoms with Crippen LogP contribution in [0, 0.1) is 0 Å². The molecule has 0 aliphatic rings. The third-order valence-corrected chi connectivity index (χ3v) is 2.51. The molecule has 0 saturated heterocycles. The molecule has 0 bridgehead atoms. The summed E-state index contributed by atoms with van der Waals surface area (Å²) in [7, 11) is 0. The van der Waals surface area contributed by atoms with Gasteiger partial charge in [0.2, 0.25) is 0 Å². The number of hydrogen-bond acceptors (Lipinski definition) is 3. The quantitative estimate of drug-likeness (QED) is 0.776. The summed E-state index contributed by atoms with van der Waals surface area (Å²) in [6, 6.07) is 5.88. The Morgan fingerprint density at radius 2 is 1.84 bits per heavy atom. The van der Waals surface area contributed by atoms with Crippen molar-refractivity contribution in [2.45, 2.75) is 26.3 Å². The molecule has 1 aromatic rings. The first-order chi connectivity index (χ1) is 8.92. The second-order valence-corrected chi connectivity index (χ2v) is 3.99. The topological polar surface area (TPSA) is 30.5 Å². The van der Waals surface area contributed by atoms with Crippen LogP contribution < -0.4 is 10.1 Å². The molecular formula is C13H18F3NO2. The van der Waals surface area contributed by atoms with Gasteiger partial charge in [-0.2, -0.15) is 0 Å². The monoisotopic (exact) mass is 277 g/mol. The molecule has 1 aromatic carbocycles. The van der Waals surface area contributed by atoms with E-state index in [4.69, 9.17) is 4.74 Å². The summed E-state index contributed by atoms with van der Waals surface area (Å²) in [6.07, 6.45) is -4.65. The maximum absolute atomic E-state index is 12.0. The molecule has 0 aliphatic carbocycles. The van der Waals surface area contributed by atoms with E-state index in [1.807, 2.05) is 13.8 Å². The Morgan fingerprint density at radius 1 is 1.21 bits per heavy atom. The summed E-state index contributed by atoms with van der Waals surface area (Å²) in [4.78, 5) is 0. The molecule has 1 rings (SSSR count). The molecule has 3 nitrogen and oxygen atoms in total. The summed E-state index contributed by atoms with van der Waals surface area (Å²) >= 11 is 0. The minimum Gasteiger partial charge on any atom is -0.406 e. The van der Waals surface area contributed by atoms with Gasteiger partial charge in [0.05, 0.1) is 6.61 Å². The van der Waals surface area contributed by atoms with Crippen LogP contribution in [0.4, 0.5) is 13.2 Å². The van der Waals surface area contributed by atoms with Gasteiger partial charge in [0.25, 0.3) is 0 Å². The molecule has 0 heterocycles. The van der Waals surface area contributed by atoms with Gasteiger partial charge in [-0.1, -0.05) is 12.1 Å². The zero-order chi connectivity index (χ0) is 14.3. The molecule has 6 heteroatoms. The van der Waals surface area contributed by atoms with Crippen molar-refractivity contribution in [3.05, 3.63) is 29.8 Å². The van der Waals surface area contributed by atoms with Crippen molar-refractivity contribution in [2.24, 2.45) is 0 Å². The van der Waals surface area contributed by atoms with E-state index in [0.717, 1.165) is 5.56 Å². The number of ether oxygens (including phenoxy) is 2. The highest BCUT2D eigenvalue weighted by Gasteiger charge is 2.30. The van der Waals surface area contributed by atoms with Crippen molar-refractivity contribution in [1.29, 1.82) is 0 Å². The summed E-state index contributed by atoms with van der Waals surface area (Å²) in [6.45, 7) is 5.82. The highest BCUT2D eigenvalue weighted by molar-refractivity contribution is 5.29. The van der Waals surface area contributed by atoms with Crippen molar-refractivity contribution in [2.75, 3.05) is 19.8 Å². The number of nitrogens with one attached hydrogen (secondary N) is 1. The molecule has 0 radical (unpaired) electrons. The predicted octanol–water partition coefficient (Wildman–Crippen LogP) is 3.27. The van der Waals surface area contributed by atoms with Gasteiger partial charge in [-0.05, 0) is 31.5 Å². The Morgan fingerprint density at radius 3 is 2.37 bits per heavy atom. The van der Waals surface area contributed by atoms with Crippen LogP contribution in [0.5, 0.6) is 5.75 Å². The highest BCUT2D eigenvalue weighted by atomic mass is 19.4. The molecule has 0 spiro atoms. The van der Waals surface area contributed by atoms with E-state index in [1.165, 1.54) is 12.1 Å². The molecule has 1 atom stereocenters. The van der Waals surface area contributed by atoms with E-state index in [1.54, 1.807) is 12.1 Å². The van der Waals surface area contributed by atoms with Crippen LogP contribution in [0.2, 0.25) is 0 Å². The molecule has 0 saturated carbocycles. The number of alkyl halides is 3. The van der Waals surface area contributed by atoms with Crippen molar-refractivity contribution < 1.29 is 22.6 Å². The molecule has 0 fully saturated rings. The predicted molar refractivity (Wildman–Crippen MR) is 66.0 cm³/mol. The van der Waals surface area contributed by atoms with E-state index in [-0.39, 0.29) is 11.8 Å². The number of benzene rings is 1. The average Bonchev–Trinajstić information content (AvgIpc) is 2.33. The standard InChI is InChI=1S/C13H18F3NO2/c1-3-18-9-8-17-10(2)11-4-6-12(7-5-11)19-13(14,15)16/h4-7,10,17H,3,8-9H2,1-2H3. The average molecular weight is 277 g/mol. The molecule has 108 valence electrons. The molecule has 0 aromatic heterocycles. The number of halogens is 3. The molecule has 1 unspecified atom stereocenters. The normalized spacial score (nSPS) is 13.3. The van der Waals surface area contributed by atoms with Gasteiger partial charge in [0.15, 0.2) is 0 Å². The van der Waals surface area contributed by atoms with Crippen LogP contribution >= 0.6 is 0 Å². The first-order valence-electron chi connectivity index (χ1n) is 6.09. The molecule has 0 amide bonds. The second kappa shape index (κ2) is 7.35. The largest absolute Gasteiger partial charge is 0.573 e.